The highest BCUT2D eigenvalue weighted by molar-refractivity contribution is 9.10. The molecule has 0 bridgehead atoms. The maximum absolute atomic E-state index is 13.0. The van der Waals surface area contributed by atoms with Gasteiger partial charge in [0, 0.05) is 10.2 Å². The standard InChI is InChI=1S/C17H16BrFN2O/c1-11-2-7-14(10-15(11)18)20-16(22)21-17(8-9-17)12-3-5-13(19)6-4-12/h2-7,10H,8-9H2,1H3,(H2,20,21,22). The summed E-state index contributed by atoms with van der Waals surface area (Å²) in [4.78, 5) is 12.2. The predicted octanol–water partition coefficient (Wildman–Crippen LogP) is 4.71. The summed E-state index contributed by atoms with van der Waals surface area (Å²) in [6.45, 7) is 1.99. The van der Waals surface area contributed by atoms with Gasteiger partial charge in [-0.05, 0) is 55.2 Å². The van der Waals surface area contributed by atoms with E-state index < -0.39 is 0 Å². The lowest BCUT2D eigenvalue weighted by atomic mass is 10.1. The lowest BCUT2D eigenvalue weighted by Crippen LogP contribution is -2.38. The third-order valence-corrected chi connectivity index (χ3v) is 4.78. The first-order chi connectivity index (χ1) is 10.5. The molecule has 0 saturated heterocycles. The van der Waals surface area contributed by atoms with E-state index in [4.69, 9.17) is 0 Å². The van der Waals surface area contributed by atoms with Gasteiger partial charge >= 0.3 is 6.03 Å². The zero-order valence-corrected chi connectivity index (χ0v) is 13.7. The summed E-state index contributed by atoms with van der Waals surface area (Å²) < 4.78 is 14.0. The summed E-state index contributed by atoms with van der Waals surface area (Å²) in [7, 11) is 0. The van der Waals surface area contributed by atoms with Crippen molar-refractivity contribution in [2.24, 2.45) is 0 Å². The molecule has 114 valence electrons. The lowest BCUT2D eigenvalue weighted by molar-refractivity contribution is 0.247. The minimum atomic E-state index is -0.361. The first kappa shape index (κ1) is 15.0. The summed E-state index contributed by atoms with van der Waals surface area (Å²) in [6, 6.07) is 11.7. The van der Waals surface area contributed by atoms with E-state index in [0.29, 0.717) is 0 Å². The summed E-state index contributed by atoms with van der Waals surface area (Å²) in [6.07, 6.45) is 1.73. The predicted molar refractivity (Wildman–Crippen MR) is 88.3 cm³/mol. The molecule has 0 aromatic heterocycles. The molecule has 1 saturated carbocycles. The van der Waals surface area contributed by atoms with Crippen molar-refractivity contribution in [1.82, 2.24) is 5.32 Å². The second-order valence-electron chi connectivity index (χ2n) is 5.63. The van der Waals surface area contributed by atoms with Crippen LogP contribution < -0.4 is 10.6 Å². The fourth-order valence-corrected chi connectivity index (χ4v) is 2.81. The molecule has 1 aliphatic rings. The number of benzene rings is 2. The third-order valence-electron chi connectivity index (χ3n) is 3.93. The monoisotopic (exact) mass is 362 g/mol. The van der Waals surface area contributed by atoms with E-state index >= 15 is 0 Å². The molecule has 0 unspecified atom stereocenters. The van der Waals surface area contributed by atoms with E-state index in [0.717, 1.165) is 34.1 Å². The van der Waals surface area contributed by atoms with Gasteiger partial charge in [-0.1, -0.05) is 34.1 Å². The maximum Gasteiger partial charge on any atom is 0.319 e. The van der Waals surface area contributed by atoms with Gasteiger partial charge in [-0.15, -0.1) is 0 Å². The molecular formula is C17H16BrFN2O. The number of hydrogen-bond donors (Lipinski definition) is 2. The van der Waals surface area contributed by atoms with Crippen molar-refractivity contribution in [3.63, 3.8) is 0 Å². The quantitative estimate of drug-likeness (QED) is 0.815. The summed E-state index contributed by atoms with van der Waals surface area (Å²) in [5.74, 6) is -0.270. The Balaban J connectivity index is 1.68. The minimum Gasteiger partial charge on any atom is -0.328 e. The molecule has 0 radical (unpaired) electrons. The second kappa shape index (κ2) is 5.72. The molecule has 0 aliphatic heterocycles. The highest BCUT2D eigenvalue weighted by atomic mass is 79.9. The van der Waals surface area contributed by atoms with Crippen LogP contribution in [0.4, 0.5) is 14.9 Å². The molecule has 0 atom stereocenters. The fraction of sp³-hybridized carbons (Fsp3) is 0.235. The van der Waals surface area contributed by atoms with Crippen LogP contribution in [0.1, 0.15) is 24.0 Å². The zero-order chi connectivity index (χ0) is 15.7. The smallest absolute Gasteiger partial charge is 0.319 e. The Morgan fingerprint density at radius 1 is 1.18 bits per heavy atom. The van der Waals surface area contributed by atoms with E-state index in [1.165, 1.54) is 12.1 Å². The molecule has 2 aromatic carbocycles. The molecular weight excluding hydrogens is 347 g/mol. The number of hydrogen-bond acceptors (Lipinski definition) is 1. The summed E-state index contributed by atoms with van der Waals surface area (Å²) in [5, 5.41) is 5.83. The SMILES string of the molecule is Cc1ccc(NC(=O)NC2(c3ccc(F)cc3)CC2)cc1Br. The molecule has 0 spiro atoms. The molecule has 3 rings (SSSR count). The van der Waals surface area contributed by atoms with Crippen molar-refractivity contribution < 1.29 is 9.18 Å². The molecule has 0 heterocycles. The molecule has 1 aliphatic carbocycles. The number of aryl methyl sites for hydroxylation is 1. The number of nitrogens with one attached hydrogen (secondary N) is 2. The Hall–Kier alpha value is -1.88. The molecule has 22 heavy (non-hydrogen) atoms. The fourth-order valence-electron chi connectivity index (χ4n) is 2.43. The number of halogens is 2. The molecule has 2 N–H and O–H groups in total. The Morgan fingerprint density at radius 2 is 1.86 bits per heavy atom. The van der Waals surface area contributed by atoms with Gasteiger partial charge in [0.2, 0.25) is 0 Å². The van der Waals surface area contributed by atoms with Gasteiger partial charge < -0.3 is 10.6 Å². The van der Waals surface area contributed by atoms with Gasteiger partial charge in [0.1, 0.15) is 5.82 Å². The summed E-state index contributed by atoms with van der Waals surface area (Å²) in [5.41, 5.74) is 2.41. The first-order valence-corrected chi connectivity index (χ1v) is 7.89. The highest BCUT2D eigenvalue weighted by Crippen LogP contribution is 2.45. The van der Waals surface area contributed by atoms with Crippen LogP contribution in [0.25, 0.3) is 0 Å². The number of anilines is 1. The number of rotatable bonds is 3. The van der Waals surface area contributed by atoms with Crippen molar-refractivity contribution >= 4 is 27.6 Å². The lowest BCUT2D eigenvalue weighted by Gasteiger charge is -2.18. The van der Waals surface area contributed by atoms with E-state index in [-0.39, 0.29) is 17.4 Å². The molecule has 2 aromatic rings. The van der Waals surface area contributed by atoms with Crippen molar-refractivity contribution in [1.29, 1.82) is 0 Å². The average molecular weight is 363 g/mol. The van der Waals surface area contributed by atoms with Gasteiger partial charge in [-0.2, -0.15) is 0 Å². The number of carbonyl (C=O) groups excluding carboxylic acids is 1. The second-order valence-corrected chi connectivity index (χ2v) is 6.49. The average Bonchev–Trinajstić information content (AvgIpc) is 3.24. The number of amides is 2. The van der Waals surface area contributed by atoms with Gasteiger partial charge in [0.05, 0.1) is 5.54 Å². The zero-order valence-electron chi connectivity index (χ0n) is 12.1. The maximum atomic E-state index is 13.0. The van der Waals surface area contributed by atoms with Crippen LogP contribution in [0.5, 0.6) is 0 Å². The van der Waals surface area contributed by atoms with Crippen LogP contribution in [-0.2, 0) is 5.54 Å². The van der Waals surface area contributed by atoms with Crippen LogP contribution in [0, 0.1) is 12.7 Å². The Bertz CT molecular complexity index is 711. The normalized spacial score (nSPS) is 15.2. The first-order valence-electron chi connectivity index (χ1n) is 7.10. The van der Waals surface area contributed by atoms with Gasteiger partial charge in [-0.3, -0.25) is 0 Å². The van der Waals surface area contributed by atoms with E-state index in [1.807, 2.05) is 25.1 Å². The van der Waals surface area contributed by atoms with Crippen LogP contribution >= 0.6 is 15.9 Å². The minimum absolute atomic E-state index is 0.252. The van der Waals surface area contributed by atoms with Crippen LogP contribution in [0.3, 0.4) is 0 Å². The summed E-state index contributed by atoms with van der Waals surface area (Å²) >= 11 is 3.45. The Labute approximate surface area is 137 Å². The Kier molecular flexibility index (Phi) is 3.91. The van der Waals surface area contributed by atoms with Crippen molar-refractivity contribution in [2.45, 2.75) is 25.3 Å². The third kappa shape index (κ3) is 3.14. The molecule has 3 nitrogen and oxygen atoms in total. The van der Waals surface area contributed by atoms with Crippen LogP contribution in [-0.4, -0.2) is 6.03 Å². The highest BCUT2D eigenvalue weighted by Gasteiger charge is 2.45. The van der Waals surface area contributed by atoms with Crippen LogP contribution in [0.2, 0.25) is 0 Å². The van der Waals surface area contributed by atoms with Crippen LogP contribution in [0.15, 0.2) is 46.9 Å². The van der Waals surface area contributed by atoms with E-state index in [1.54, 1.807) is 12.1 Å². The number of carbonyl (C=O) groups is 1. The molecule has 2 amide bonds. The van der Waals surface area contributed by atoms with Gasteiger partial charge in [0.15, 0.2) is 0 Å². The number of urea groups is 1. The topological polar surface area (TPSA) is 41.1 Å². The van der Waals surface area contributed by atoms with Crippen molar-refractivity contribution in [2.75, 3.05) is 5.32 Å². The van der Waals surface area contributed by atoms with E-state index in [2.05, 4.69) is 26.6 Å². The molecule has 5 heteroatoms. The molecule has 1 fully saturated rings. The largest absolute Gasteiger partial charge is 0.328 e. The van der Waals surface area contributed by atoms with Crippen molar-refractivity contribution in [3.8, 4) is 0 Å². The van der Waals surface area contributed by atoms with Gasteiger partial charge in [0.25, 0.3) is 0 Å². The van der Waals surface area contributed by atoms with Crippen molar-refractivity contribution in [3.05, 3.63) is 63.9 Å². The van der Waals surface area contributed by atoms with Gasteiger partial charge in [-0.25, -0.2) is 9.18 Å². The van der Waals surface area contributed by atoms with E-state index in [9.17, 15) is 9.18 Å². The Morgan fingerprint density at radius 3 is 2.45 bits per heavy atom.